The van der Waals surface area contributed by atoms with Crippen LogP contribution in [-0.4, -0.2) is 32.2 Å². The highest BCUT2D eigenvalue weighted by molar-refractivity contribution is 7.89. The number of sulfonamides is 1. The van der Waals surface area contributed by atoms with E-state index < -0.39 is 10.0 Å². The van der Waals surface area contributed by atoms with Crippen LogP contribution in [0.5, 0.6) is 0 Å². The molecule has 0 saturated heterocycles. The quantitative estimate of drug-likeness (QED) is 0.789. The van der Waals surface area contributed by atoms with Gasteiger partial charge in [-0.2, -0.15) is 4.31 Å². The van der Waals surface area contributed by atoms with E-state index in [0.29, 0.717) is 0 Å². The highest BCUT2D eigenvalue weighted by atomic mass is 35.5. The number of carbonyl (C=O) groups is 1. The number of aryl methyl sites for hydroxylation is 1. The molecule has 27 heavy (non-hydrogen) atoms. The van der Waals surface area contributed by atoms with Gasteiger partial charge in [-0.05, 0) is 48.6 Å². The number of nitrogens with one attached hydrogen (secondary N) is 1. The lowest BCUT2D eigenvalue weighted by atomic mass is 9.88. The largest absolute Gasteiger partial charge is 0.348 e. The molecule has 0 aromatic heterocycles. The Morgan fingerprint density at radius 3 is 2.74 bits per heavy atom. The third-order valence-electron chi connectivity index (χ3n) is 4.65. The van der Waals surface area contributed by atoms with Crippen molar-refractivity contribution in [3.8, 4) is 0 Å². The van der Waals surface area contributed by atoms with Crippen LogP contribution in [0.25, 0.3) is 0 Å². The molecule has 0 unspecified atom stereocenters. The number of fused-ring (bicyclic) bond motifs is 1. The maximum Gasteiger partial charge on any atom is 0.244 e. The number of carbonyl (C=O) groups excluding carboxylic acids is 1. The van der Waals surface area contributed by atoms with Gasteiger partial charge >= 0.3 is 0 Å². The molecule has 144 valence electrons. The van der Waals surface area contributed by atoms with Crippen LogP contribution < -0.4 is 5.32 Å². The van der Waals surface area contributed by atoms with Gasteiger partial charge in [0.05, 0.1) is 17.6 Å². The fraction of sp³-hybridized carbons (Fsp3) is 0.316. The van der Waals surface area contributed by atoms with Crippen LogP contribution >= 0.6 is 23.2 Å². The van der Waals surface area contributed by atoms with E-state index in [-0.39, 0.29) is 33.4 Å². The van der Waals surface area contributed by atoms with Crippen molar-refractivity contribution in [1.82, 2.24) is 9.62 Å². The molecule has 2 aromatic carbocycles. The zero-order chi connectivity index (χ0) is 19.6. The Labute approximate surface area is 169 Å². The number of halogens is 2. The number of likely N-dealkylation sites (N-methyl/N-ethyl adjacent to an activating group) is 1. The molecule has 0 saturated carbocycles. The molecule has 0 aliphatic heterocycles. The first kappa shape index (κ1) is 20.1. The first-order chi connectivity index (χ1) is 12.8. The fourth-order valence-electron chi connectivity index (χ4n) is 3.27. The van der Waals surface area contributed by atoms with Gasteiger partial charge in [0.1, 0.15) is 4.90 Å². The summed E-state index contributed by atoms with van der Waals surface area (Å²) in [5, 5.41) is 3.27. The van der Waals surface area contributed by atoms with Crippen molar-refractivity contribution < 1.29 is 13.2 Å². The molecule has 8 heteroatoms. The molecule has 5 nitrogen and oxygen atoms in total. The van der Waals surface area contributed by atoms with Crippen LogP contribution in [0.2, 0.25) is 10.0 Å². The molecule has 0 bridgehead atoms. The predicted molar refractivity (Wildman–Crippen MR) is 107 cm³/mol. The lowest BCUT2D eigenvalue weighted by molar-refractivity contribution is -0.122. The monoisotopic (exact) mass is 426 g/mol. The van der Waals surface area contributed by atoms with E-state index in [4.69, 9.17) is 23.2 Å². The molecular weight excluding hydrogens is 407 g/mol. The van der Waals surface area contributed by atoms with E-state index in [1.54, 1.807) is 0 Å². The SMILES string of the molecule is CN(CC(=O)N[C@H]1CCCc2ccccc21)S(=O)(=O)c1cc(Cl)ccc1Cl. The maximum absolute atomic E-state index is 12.7. The van der Waals surface area contributed by atoms with Crippen LogP contribution in [0.4, 0.5) is 0 Å². The van der Waals surface area contributed by atoms with Crippen LogP contribution in [0.15, 0.2) is 47.4 Å². The summed E-state index contributed by atoms with van der Waals surface area (Å²) >= 11 is 11.9. The van der Waals surface area contributed by atoms with Crippen LogP contribution in [-0.2, 0) is 21.2 Å². The van der Waals surface area contributed by atoms with Gasteiger partial charge in [-0.15, -0.1) is 0 Å². The van der Waals surface area contributed by atoms with E-state index in [9.17, 15) is 13.2 Å². The topological polar surface area (TPSA) is 66.5 Å². The van der Waals surface area contributed by atoms with Gasteiger partial charge in [-0.1, -0.05) is 47.5 Å². The second-order valence-electron chi connectivity index (χ2n) is 6.55. The Bertz CT molecular complexity index is 963. The summed E-state index contributed by atoms with van der Waals surface area (Å²) in [5.41, 5.74) is 2.32. The number of hydrogen-bond acceptors (Lipinski definition) is 3. The van der Waals surface area contributed by atoms with E-state index >= 15 is 0 Å². The second kappa shape index (κ2) is 8.19. The maximum atomic E-state index is 12.7. The van der Waals surface area contributed by atoms with Gasteiger partial charge in [0.15, 0.2) is 0 Å². The van der Waals surface area contributed by atoms with Crippen molar-refractivity contribution in [1.29, 1.82) is 0 Å². The zero-order valence-electron chi connectivity index (χ0n) is 14.8. The lowest BCUT2D eigenvalue weighted by Gasteiger charge is -2.27. The first-order valence-electron chi connectivity index (χ1n) is 8.57. The number of hydrogen-bond donors (Lipinski definition) is 1. The number of nitrogens with zero attached hydrogens (tertiary/aromatic N) is 1. The minimum Gasteiger partial charge on any atom is -0.348 e. The molecule has 2 aromatic rings. The van der Waals surface area contributed by atoms with Gasteiger partial charge in [-0.25, -0.2) is 8.42 Å². The zero-order valence-corrected chi connectivity index (χ0v) is 17.1. The third kappa shape index (κ3) is 4.46. The molecule has 1 N–H and O–H groups in total. The number of amides is 1. The smallest absolute Gasteiger partial charge is 0.244 e. The van der Waals surface area contributed by atoms with Crippen molar-refractivity contribution >= 4 is 39.1 Å². The van der Waals surface area contributed by atoms with Crippen LogP contribution in [0.1, 0.15) is 30.0 Å². The normalized spacial score (nSPS) is 16.8. The molecule has 1 amide bonds. The van der Waals surface area contributed by atoms with Crippen molar-refractivity contribution in [2.45, 2.75) is 30.2 Å². The van der Waals surface area contributed by atoms with E-state index in [2.05, 4.69) is 11.4 Å². The van der Waals surface area contributed by atoms with Gasteiger partial charge in [0.25, 0.3) is 0 Å². The highest BCUT2D eigenvalue weighted by Gasteiger charge is 2.27. The summed E-state index contributed by atoms with van der Waals surface area (Å²) in [6.45, 7) is -0.302. The minimum atomic E-state index is -3.93. The fourth-order valence-corrected chi connectivity index (χ4v) is 5.13. The standard InChI is InChI=1S/C19H20Cl2N2O3S/c1-23(27(25,26)18-11-14(20)9-10-16(18)21)12-19(24)22-17-8-4-6-13-5-2-3-7-15(13)17/h2-3,5,7,9-11,17H,4,6,8,12H2,1H3,(H,22,24)/t17-/m0/s1. The Hall–Kier alpha value is -1.60. The molecule has 1 aliphatic rings. The summed E-state index contributed by atoms with van der Waals surface area (Å²) in [7, 11) is -2.58. The highest BCUT2D eigenvalue weighted by Crippen LogP contribution is 2.30. The van der Waals surface area contributed by atoms with Crippen molar-refractivity contribution in [2.75, 3.05) is 13.6 Å². The van der Waals surface area contributed by atoms with E-state index in [1.807, 2.05) is 18.2 Å². The molecule has 0 heterocycles. The second-order valence-corrected chi connectivity index (χ2v) is 9.40. The van der Waals surface area contributed by atoms with E-state index in [1.165, 1.54) is 30.8 Å². The Balaban J connectivity index is 1.72. The third-order valence-corrected chi connectivity index (χ3v) is 7.17. The molecule has 0 fully saturated rings. The van der Waals surface area contributed by atoms with Crippen molar-refractivity contribution in [2.24, 2.45) is 0 Å². The number of benzene rings is 2. The molecule has 1 aliphatic carbocycles. The average molecular weight is 427 g/mol. The summed E-state index contributed by atoms with van der Waals surface area (Å²) in [4.78, 5) is 12.4. The van der Waals surface area contributed by atoms with Gasteiger partial charge in [0.2, 0.25) is 15.9 Å². The van der Waals surface area contributed by atoms with Crippen LogP contribution in [0, 0.1) is 0 Å². The van der Waals surface area contributed by atoms with E-state index in [0.717, 1.165) is 29.1 Å². The summed E-state index contributed by atoms with van der Waals surface area (Å²) in [6, 6.07) is 12.1. The predicted octanol–water partition coefficient (Wildman–Crippen LogP) is 3.81. The van der Waals surface area contributed by atoms with Gasteiger partial charge < -0.3 is 5.32 Å². The van der Waals surface area contributed by atoms with Gasteiger partial charge in [-0.3, -0.25) is 4.79 Å². The minimum absolute atomic E-state index is 0.0628. The molecule has 1 atom stereocenters. The lowest BCUT2D eigenvalue weighted by Crippen LogP contribution is -2.40. The Kier molecular flexibility index (Phi) is 6.11. The van der Waals surface area contributed by atoms with Crippen LogP contribution in [0.3, 0.4) is 0 Å². The summed E-state index contributed by atoms with van der Waals surface area (Å²) in [6.07, 6.45) is 2.80. The molecule has 0 spiro atoms. The van der Waals surface area contributed by atoms with Crippen molar-refractivity contribution in [3.63, 3.8) is 0 Å². The first-order valence-corrected chi connectivity index (χ1v) is 10.8. The Morgan fingerprint density at radius 2 is 1.96 bits per heavy atom. The average Bonchev–Trinajstić information content (AvgIpc) is 2.63. The molecule has 0 radical (unpaired) electrons. The number of rotatable bonds is 5. The Morgan fingerprint density at radius 1 is 1.22 bits per heavy atom. The summed E-state index contributed by atoms with van der Waals surface area (Å²) < 4.78 is 26.4. The van der Waals surface area contributed by atoms with Gasteiger partial charge in [0, 0.05) is 12.1 Å². The van der Waals surface area contributed by atoms with Crippen molar-refractivity contribution in [3.05, 3.63) is 63.6 Å². The molecular formula is C19H20Cl2N2O3S. The summed E-state index contributed by atoms with van der Waals surface area (Å²) in [5.74, 6) is -0.360. The molecule has 3 rings (SSSR count).